The molecule has 7 heteroatoms. The first-order valence-corrected chi connectivity index (χ1v) is 13.5. The number of ether oxygens (including phenoxy) is 4. The lowest BCUT2D eigenvalue weighted by molar-refractivity contribution is -0.271. The van der Waals surface area contributed by atoms with Crippen LogP contribution in [0.2, 0.25) is 5.04 Å². The van der Waals surface area contributed by atoms with Gasteiger partial charge in [0, 0.05) is 7.11 Å². The van der Waals surface area contributed by atoms with Gasteiger partial charge in [0.1, 0.15) is 24.4 Å². The van der Waals surface area contributed by atoms with E-state index in [0.717, 1.165) is 0 Å². The zero-order valence-corrected chi connectivity index (χ0v) is 21.4. The van der Waals surface area contributed by atoms with Gasteiger partial charge < -0.3 is 28.5 Å². The lowest BCUT2D eigenvalue weighted by Gasteiger charge is -2.45. The van der Waals surface area contributed by atoms with Crippen molar-refractivity contribution < 1.29 is 28.5 Å². The Bertz CT molecular complexity index is 874. The molecule has 6 nitrogen and oxygen atoms in total. The van der Waals surface area contributed by atoms with Gasteiger partial charge in [-0.1, -0.05) is 81.4 Å². The van der Waals surface area contributed by atoms with E-state index in [1.807, 2.05) is 26.0 Å². The third-order valence-electron chi connectivity index (χ3n) is 6.57. The monoisotopic (exact) mass is 472 g/mol. The molecular formula is C26H36O6Si. The maximum atomic E-state index is 11.2. The van der Waals surface area contributed by atoms with E-state index < -0.39 is 44.8 Å². The Kier molecular flexibility index (Phi) is 6.86. The summed E-state index contributed by atoms with van der Waals surface area (Å²) in [6.45, 7) is 10.5. The molecule has 4 rings (SSSR count). The van der Waals surface area contributed by atoms with Crippen LogP contribution in [-0.2, 0) is 23.4 Å². The van der Waals surface area contributed by atoms with E-state index in [1.165, 1.54) is 10.4 Å². The van der Waals surface area contributed by atoms with Crippen LogP contribution in [0.4, 0.5) is 0 Å². The first-order chi connectivity index (χ1) is 15.6. The fraction of sp³-hybridized carbons (Fsp3) is 0.538. The van der Waals surface area contributed by atoms with Crippen LogP contribution >= 0.6 is 0 Å². The minimum absolute atomic E-state index is 0.173. The van der Waals surface area contributed by atoms with Crippen LogP contribution in [-0.4, -0.2) is 63.6 Å². The maximum Gasteiger partial charge on any atom is 0.261 e. The number of methoxy groups -OCH3 is 1. The van der Waals surface area contributed by atoms with Crippen LogP contribution in [0.3, 0.4) is 0 Å². The lowest BCUT2D eigenvalue weighted by Crippen LogP contribution is -2.68. The van der Waals surface area contributed by atoms with E-state index in [9.17, 15) is 5.11 Å². The molecule has 2 saturated heterocycles. The quantitative estimate of drug-likeness (QED) is 0.653. The second-order valence-electron chi connectivity index (χ2n) is 10.3. The number of benzene rings is 2. The highest BCUT2D eigenvalue weighted by Crippen LogP contribution is 2.40. The molecule has 0 saturated carbocycles. The Balaban J connectivity index is 1.68. The Morgan fingerprint density at radius 2 is 1.42 bits per heavy atom. The van der Waals surface area contributed by atoms with Crippen LogP contribution in [0.5, 0.6) is 0 Å². The highest BCUT2D eigenvalue weighted by atomic mass is 28.4. The largest absolute Gasteiger partial charge is 0.405 e. The number of hydrogen-bond acceptors (Lipinski definition) is 6. The summed E-state index contributed by atoms with van der Waals surface area (Å²) in [7, 11) is -1.18. The van der Waals surface area contributed by atoms with Gasteiger partial charge in [0.25, 0.3) is 8.32 Å². The first kappa shape index (κ1) is 24.5. The maximum absolute atomic E-state index is 11.2. The lowest BCUT2D eigenvalue weighted by atomic mass is 9.99. The summed E-state index contributed by atoms with van der Waals surface area (Å²) in [6.07, 6.45) is -3.21. The summed E-state index contributed by atoms with van der Waals surface area (Å²) in [5, 5.41) is 13.4. The van der Waals surface area contributed by atoms with Crippen molar-refractivity contribution in [2.24, 2.45) is 0 Å². The predicted molar refractivity (Wildman–Crippen MR) is 129 cm³/mol. The molecule has 180 valence electrons. The Morgan fingerprint density at radius 1 is 0.909 bits per heavy atom. The van der Waals surface area contributed by atoms with Gasteiger partial charge in [-0.15, -0.1) is 0 Å². The van der Waals surface area contributed by atoms with Crippen molar-refractivity contribution in [3.05, 3.63) is 60.7 Å². The molecule has 0 aromatic heterocycles. The van der Waals surface area contributed by atoms with Gasteiger partial charge >= 0.3 is 0 Å². The third kappa shape index (κ3) is 4.56. The minimum Gasteiger partial charge on any atom is -0.405 e. The predicted octanol–water partition coefficient (Wildman–Crippen LogP) is 2.82. The molecule has 5 atom stereocenters. The van der Waals surface area contributed by atoms with Crippen molar-refractivity contribution in [1.82, 2.24) is 0 Å². The van der Waals surface area contributed by atoms with E-state index >= 15 is 0 Å². The SMILES string of the molecule is CO[C@H]1O[C@H](CO[Si](c2ccccc2)(c2ccccc2)C(C)(C)C)[C@@H](O)[C@@H]2OC(C)(C)O[C@H]12. The number of aliphatic hydroxyl groups is 1. The number of fused-ring (bicyclic) bond motifs is 1. The molecule has 0 aliphatic carbocycles. The molecule has 0 bridgehead atoms. The van der Waals surface area contributed by atoms with Crippen LogP contribution in [0.25, 0.3) is 0 Å². The van der Waals surface area contributed by atoms with Crippen molar-refractivity contribution in [2.45, 2.75) is 76.1 Å². The Hall–Kier alpha value is -1.58. The van der Waals surface area contributed by atoms with Crippen molar-refractivity contribution in [3.8, 4) is 0 Å². The molecule has 0 amide bonds. The van der Waals surface area contributed by atoms with E-state index in [0.29, 0.717) is 0 Å². The van der Waals surface area contributed by atoms with E-state index in [4.69, 9.17) is 23.4 Å². The van der Waals surface area contributed by atoms with Gasteiger partial charge in [-0.25, -0.2) is 0 Å². The summed E-state index contributed by atoms with van der Waals surface area (Å²) in [6, 6.07) is 20.8. The van der Waals surface area contributed by atoms with E-state index in [2.05, 4.69) is 69.3 Å². The smallest absolute Gasteiger partial charge is 0.261 e. The first-order valence-electron chi connectivity index (χ1n) is 11.6. The number of hydrogen-bond donors (Lipinski definition) is 1. The van der Waals surface area contributed by atoms with E-state index in [-0.39, 0.29) is 11.6 Å². The normalized spacial score (nSPS) is 29.6. The molecule has 2 fully saturated rings. The second-order valence-corrected chi connectivity index (χ2v) is 14.6. The molecule has 2 aromatic carbocycles. The Labute approximate surface area is 197 Å². The standard InChI is InChI=1S/C26H36O6Si/c1-25(2,3)33(18-13-9-7-10-14-18,19-15-11-8-12-16-19)29-17-20-21(27)22-23(24(28-6)30-20)32-26(4,5)31-22/h7-16,20-24,27H,17H2,1-6H3/t20-,21-,22+,23+,24+/m1/s1. The molecule has 2 aliphatic rings. The molecule has 2 aliphatic heterocycles. The highest BCUT2D eigenvalue weighted by Gasteiger charge is 2.56. The average molecular weight is 473 g/mol. The van der Waals surface area contributed by atoms with Gasteiger partial charge in [-0.05, 0) is 29.3 Å². The molecule has 0 unspecified atom stereocenters. The van der Waals surface area contributed by atoms with Crippen molar-refractivity contribution in [1.29, 1.82) is 0 Å². The van der Waals surface area contributed by atoms with Crippen molar-refractivity contribution >= 4 is 18.7 Å². The minimum atomic E-state index is -2.76. The fourth-order valence-electron chi connectivity index (χ4n) is 5.13. The van der Waals surface area contributed by atoms with Gasteiger partial charge in [-0.2, -0.15) is 0 Å². The van der Waals surface area contributed by atoms with Gasteiger partial charge in [-0.3, -0.25) is 0 Å². The second kappa shape index (κ2) is 9.22. The van der Waals surface area contributed by atoms with Crippen LogP contribution in [0, 0.1) is 0 Å². The average Bonchev–Trinajstić information content (AvgIpc) is 3.12. The molecule has 33 heavy (non-hydrogen) atoms. The summed E-state index contributed by atoms with van der Waals surface area (Å²) < 4.78 is 30.7. The van der Waals surface area contributed by atoms with Gasteiger partial charge in [0.15, 0.2) is 12.1 Å². The number of aliphatic hydroxyl groups excluding tert-OH is 1. The van der Waals surface area contributed by atoms with Crippen molar-refractivity contribution in [3.63, 3.8) is 0 Å². The number of rotatable bonds is 6. The summed E-state index contributed by atoms with van der Waals surface area (Å²) in [5.74, 6) is -0.815. The Morgan fingerprint density at radius 3 is 1.91 bits per heavy atom. The highest BCUT2D eigenvalue weighted by molar-refractivity contribution is 6.99. The van der Waals surface area contributed by atoms with Crippen LogP contribution in [0.1, 0.15) is 34.6 Å². The summed E-state index contributed by atoms with van der Waals surface area (Å²) >= 11 is 0. The van der Waals surface area contributed by atoms with Crippen LogP contribution in [0.15, 0.2) is 60.7 Å². The zero-order valence-electron chi connectivity index (χ0n) is 20.4. The molecule has 2 aromatic rings. The van der Waals surface area contributed by atoms with Crippen LogP contribution < -0.4 is 10.4 Å². The fourth-order valence-corrected chi connectivity index (χ4v) is 9.70. The summed E-state index contributed by atoms with van der Waals surface area (Å²) in [5.41, 5.74) is 0. The molecule has 0 spiro atoms. The molecule has 2 heterocycles. The third-order valence-corrected chi connectivity index (χ3v) is 11.6. The summed E-state index contributed by atoms with van der Waals surface area (Å²) in [4.78, 5) is 0. The molecular weight excluding hydrogens is 436 g/mol. The van der Waals surface area contributed by atoms with Gasteiger partial charge in [0.05, 0.1) is 6.61 Å². The van der Waals surface area contributed by atoms with E-state index in [1.54, 1.807) is 7.11 Å². The van der Waals surface area contributed by atoms with Gasteiger partial charge in [0.2, 0.25) is 0 Å². The topological polar surface area (TPSA) is 66.4 Å². The zero-order chi connectivity index (χ0) is 23.9. The molecule has 0 radical (unpaired) electrons. The van der Waals surface area contributed by atoms with Crippen molar-refractivity contribution in [2.75, 3.05) is 13.7 Å². The molecule has 1 N–H and O–H groups in total.